The molecule has 3 aromatic carbocycles. The van der Waals surface area contributed by atoms with Gasteiger partial charge in [-0.3, -0.25) is 19.6 Å². The highest BCUT2D eigenvalue weighted by Gasteiger charge is 2.22. The van der Waals surface area contributed by atoms with Gasteiger partial charge in [0.1, 0.15) is 11.7 Å². The highest BCUT2D eigenvalue weighted by Crippen LogP contribution is 2.33. The Kier molecular flexibility index (Phi) is 8.23. The largest absolute Gasteiger partial charge is 0.478 e. The zero-order chi connectivity index (χ0) is 29.8. The Morgan fingerprint density at radius 2 is 1.81 bits per heavy atom. The number of rotatable bonds is 10. The number of nitrogens with one attached hydrogen (secondary N) is 2. The van der Waals surface area contributed by atoms with E-state index < -0.39 is 17.9 Å². The first-order valence-electron chi connectivity index (χ1n) is 13.0. The molecule has 5 aromatic rings. The lowest BCUT2D eigenvalue weighted by molar-refractivity contribution is -0.119. The molecule has 0 spiro atoms. The summed E-state index contributed by atoms with van der Waals surface area (Å²) in [6.07, 6.45) is 1.66. The van der Waals surface area contributed by atoms with Crippen molar-refractivity contribution in [3.8, 4) is 21.6 Å². The van der Waals surface area contributed by atoms with Gasteiger partial charge in [-0.1, -0.05) is 41.6 Å². The van der Waals surface area contributed by atoms with Gasteiger partial charge in [0, 0.05) is 24.0 Å². The van der Waals surface area contributed by atoms with Crippen LogP contribution in [-0.2, 0) is 18.4 Å². The van der Waals surface area contributed by atoms with Crippen molar-refractivity contribution in [2.45, 2.75) is 19.5 Å². The minimum atomic E-state index is -1.13. The van der Waals surface area contributed by atoms with Crippen molar-refractivity contribution in [2.24, 2.45) is 7.05 Å². The number of carboxylic acids is 1. The number of nitrogens with zero attached hydrogens (tertiary/aromatic N) is 3. The summed E-state index contributed by atoms with van der Waals surface area (Å²) >= 11 is 1.58. The molecule has 1 unspecified atom stereocenters. The normalized spacial score (nSPS) is 11.7. The summed E-state index contributed by atoms with van der Waals surface area (Å²) in [4.78, 5) is 39.2. The zero-order valence-electron chi connectivity index (χ0n) is 22.9. The highest BCUT2D eigenvalue weighted by atomic mass is 32.1. The number of amides is 1. The topological polar surface area (TPSA) is 152 Å². The molecule has 0 aliphatic rings. The van der Waals surface area contributed by atoms with E-state index in [1.807, 2.05) is 29.6 Å². The van der Waals surface area contributed by atoms with Gasteiger partial charge < -0.3 is 16.2 Å². The minimum absolute atomic E-state index is 0.0373. The van der Waals surface area contributed by atoms with Gasteiger partial charge in [0.15, 0.2) is 5.78 Å². The first-order valence-corrected chi connectivity index (χ1v) is 13.9. The molecule has 11 heteroatoms. The Morgan fingerprint density at radius 1 is 1.00 bits per heavy atom. The highest BCUT2D eigenvalue weighted by molar-refractivity contribution is 7.13. The second-order valence-corrected chi connectivity index (χ2v) is 10.7. The fraction of sp³-hybridized carbons (Fsp3) is 0.129. The molecule has 0 saturated heterocycles. The third-order valence-electron chi connectivity index (χ3n) is 6.72. The van der Waals surface area contributed by atoms with E-state index in [2.05, 4.69) is 20.9 Å². The lowest BCUT2D eigenvalue weighted by atomic mass is 9.93. The number of ketones is 1. The Labute approximate surface area is 245 Å². The molecular formula is C31H28N6O4S. The van der Waals surface area contributed by atoms with Crippen LogP contribution in [0.4, 0.5) is 11.4 Å². The predicted molar refractivity (Wildman–Crippen MR) is 162 cm³/mol. The van der Waals surface area contributed by atoms with Crippen LogP contribution in [0.25, 0.3) is 21.6 Å². The van der Waals surface area contributed by atoms with Crippen LogP contribution < -0.4 is 16.4 Å². The molecule has 2 aromatic heterocycles. The maximum Gasteiger partial charge on any atom is 0.336 e. The van der Waals surface area contributed by atoms with Crippen molar-refractivity contribution in [3.63, 3.8) is 0 Å². The second-order valence-electron chi connectivity index (χ2n) is 9.71. The number of aromatic carboxylic acids is 1. The minimum Gasteiger partial charge on any atom is -0.478 e. The number of hydrogen-bond acceptors (Lipinski definition) is 8. The van der Waals surface area contributed by atoms with E-state index >= 15 is 0 Å². The quantitative estimate of drug-likeness (QED) is 0.165. The molecule has 0 aliphatic carbocycles. The number of hydrogen-bond donors (Lipinski definition) is 4. The van der Waals surface area contributed by atoms with Gasteiger partial charge in [-0.05, 0) is 71.0 Å². The van der Waals surface area contributed by atoms with Gasteiger partial charge in [0.25, 0.3) is 5.91 Å². The average molecular weight is 581 g/mol. The Balaban J connectivity index is 1.46. The average Bonchev–Trinajstić information content (AvgIpc) is 3.66. The summed E-state index contributed by atoms with van der Waals surface area (Å²) in [5.41, 5.74) is 10.3. The molecule has 0 fully saturated rings. The first-order chi connectivity index (χ1) is 20.2. The van der Waals surface area contributed by atoms with E-state index in [9.17, 15) is 19.5 Å². The molecule has 0 bridgehead atoms. The molecular weight excluding hydrogens is 552 g/mol. The van der Waals surface area contributed by atoms with Gasteiger partial charge in [0.05, 0.1) is 23.1 Å². The monoisotopic (exact) mass is 580 g/mol. The molecule has 42 heavy (non-hydrogen) atoms. The maximum absolute atomic E-state index is 13.6. The van der Waals surface area contributed by atoms with Crippen LogP contribution in [0, 0.1) is 0 Å². The number of carboxylic acid groups (broad SMARTS) is 1. The molecule has 212 valence electrons. The molecule has 1 atom stereocenters. The SMILES string of the molecule is CC(=O)C(NCc1ccc(C(=O)O)c(-c2ccccc2C(=O)Nc2cc(-c3cccs3)ccc2N)c1)c1cn(C)nn1. The lowest BCUT2D eigenvalue weighted by Crippen LogP contribution is -2.27. The van der Waals surface area contributed by atoms with Crippen molar-refractivity contribution in [2.75, 3.05) is 11.1 Å². The summed E-state index contributed by atoms with van der Waals surface area (Å²) < 4.78 is 1.51. The standard InChI is InChI=1S/C31H28N6O4S/c1-18(38)29(27-17-37(2)36-35-27)33-16-19-9-11-23(31(40)41)24(14-19)21-6-3-4-7-22(21)30(39)34-26-15-20(10-12-25(26)32)28-8-5-13-42-28/h3-15,17,29,33H,16,32H2,1-2H3,(H,34,39)(H,40,41). The molecule has 2 heterocycles. The van der Waals surface area contributed by atoms with Crippen LogP contribution in [0.15, 0.2) is 84.4 Å². The van der Waals surface area contributed by atoms with Crippen molar-refractivity contribution in [3.05, 3.63) is 107 Å². The van der Waals surface area contributed by atoms with Gasteiger partial charge in [-0.25, -0.2) is 4.79 Å². The second kappa shape index (κ2) is 12.2. The van der Waals surface area contributed by atoms with Gasteiger partial charge in [0.2, 0.25) is 0 Å². The molecule has 5 N–H and O–H groups in total. The first kappa shape index (κ1) is 28.4. The molecule has 10 nitrogen and oxygen atoms in total. The van der Waals surface area contributed by atoms with Crippen molar-refractivity contribution >= 4 is 40.4 Å². The Morgan fingerprint density at radius 3 is 2.50 bits per heavy atom. The van der Waals surface area contributed by atoms with E-state index in [0.717, 1.165) is 10.4 Å². The zero-order valence-corrected chi connectivity index (χ0v) is 23.7. The number of aromatic nitrogens is 3. The summed E-state index contributed by atoms with van der Waals surface area (Å²) in [6, 6.07) is 20.4. The number of aryl methyl sites for hydroxylation is 1. The van der Waals surface area contributed by atoms with Crippen LogP contribution >= 0.6 is 11.3 Å². The fourth-order valence-corrected chi connectivity index (χ4v) is 5.37. The molecule has 0 saturated carbocycles. The van der Waals surface area contributed by atoms with Crippen LogP contribution in [-0.4, -0.2) is 37.8 Å². The lowest BCUT2D eigenvalue weighted by Gasteiger charge is -2.16. The van der Waals surface area contributed by atoms with Crippen molar-refractivity contribution in [1.29, 1.82) is 0 Å². The van der Waals surface area contributed by atoms with E-state index in [0.29, 0.717) is 33.8 Å². The molecule has 1 amide bonds. The number of nitrogen functional groups attached to an aromatic ring is 1. The van der Waals surface area contributed by atoms with Crippen molar-refractivity contribution < 1.29 is 19.5 Å². The Hall–Kier alpha value is -5.13. The number of carbonyl (C=O) groups excluding carboxylic acids is 2. The number of anilines is 2. The maximum atomic E-state index is 13.6. The van der Waals surface area contributed by atoms with Crippen LogP contribution in [0.3, 0.4) is 0 Å². The number of thiophene rings is 1. The third-order valence-corrected chi connectivity index (χ3v) is 7.64. The fourth-order valence-electron chi connectivity index (χ4n) is 4.65. The number of nitrogens with two attached hydrogens (primary N) is 1. The number of carbonyl (C=O) groups is 3. The predicted octanol–water partition coefficient (Wildman–Crippen LogP) is 5.16. The van der Waals surface area contributed by atoms with E-state index in [1.165, 1.54) is 17.7 Å². The molecule has 5 rings (SSSR count). The van der Waals surface area contributed by atoms with Gasteiger partial charge in [-0.2, -0.15) is 0 Å². The van der Waals surface area contributed by atoms with E-state index in [4.69, 9.17) is 5.73 Å². The smallest absolute Gasteiger partial charge is 0.336 e. The van der Waals surface area contributed by atoms with E-state index in [1.54, 1.807) is 67.0 Å². The summed E-state index contributed by atoms with van der Waals surface area (Å²) in [5, 5.41) is 26.0. The molecule has 0 radical (unpaired) electrons. The number of benzene rings is 3. The van der Waals surface area contributed by atoms with Gasteiger partial charge in [-0.15, -0.1) is 16.4 Å². The third kappa shape index (κ3) is 6.12. The van der Waals surface area contributed by atoms with Crippen LogP contribution in [0.2, 0.25) is 0 Å². The summed E-state index contributed by atoms with van der Waals surface area (Å²) in [6.45, 7) is 1.71. The number of Topliss-reactive ketones (excluding diaryl/α,β-unsaturated/α-hetero) is 1. The molecule has 0 aliphatic heterocycles. The Bertz CT molecular complexity index is 1780. The van der Waals surface area contributed by atoms with Crippen LogP contribution in [0.5, 0.6) is 0 Å². The van der Waals surface area contributed by atoms with Crippen LogP contribution in [0.1, 0.15) is 44.9 Å². The van der Waals surface area contributed by atoms with Crippen molar-refractivity contribution in [1.82, 2.24) is 20.3 Å². The van der Waals surface area contributed by atoms with E-state index in [-0.39, 0.29) is 23.5 Å². The summed E-state index contributed by atoms with van der Waals surface area (Å²) in [5.74, 6) is -1.70. The summed E-state index contributed by atoms with van der Waals surface area (Å²) in [7, 11) is 1.72. The van der Waals surface area contributed by atoms with Gasteiger partial charge >= 0.3 is 5.97 Å².